The van der Waals surface area contributed by atoms with E-state index in [9.17, 15) is 0 Å². The van der Waals surface area contributed by atoms with Gasteiger partial charge < -0.3 is 9.88 Å². The van der Waals surface area contributed by atoms with Gasteiger partial charge in [-0.1, -0.05) is 28.4 Å². The molecule has 0 aliphatic heterocycles. The van der Waals surface area contributed by atoms with Crippen molar-refractivity contribution < 1.29 is 0 Å². The van der Waals surface area contributed by atoms with Crippen LogP contribution in [0.4, 0.5) is 0 Å². The fourth-order valence-electron chi connectivity index (χ4n) is 3.55. The fraction of sp³-hybridized carbons (Fsp3) is 0.500. The Morgan fingerprint density at radius 2 is 2.21 bits per heavy atom. The Hall–Kier alpha value is -0.800. The van der Waals surface area contributed by atoms with Crippen LogP contribution in [0.3, 0.4) is 0 Å². The molecule has 1 heterocycles. The van der Waals surface area contributed by atoms with Crippen LogP contribution in [0, 0.1) is 5.92 Å². The second kappa shape index (κ2) is 5.29. The van der Waals surface area contributed by atoms with Crippen LogP contribution in [0.5, 0.6) is 0 Å². The lowest BCUT2D eigenvalue weighted by Gasteiger charge is -2.18. The molecule has 0 amide bonds. The average molecular weight is 321 g/mol. The smallest absolute Gasteiger partial charge is 0.0491 e. The van der Waals surface area contributed by atoms with Crippen LogP contribution < -0.4 is 5.32 Å². The number of benzene rings is 1. The SMILES string of the molecule is CNC1CCCC1Cc1cn(C)c2cc(Br)ccc12. The zero-order chi connectivity index (χ0) is 13.4. The molecule has 2 nitrogen and oxygen atoms in total. The molecule has 2 atom stereocenters. The van der Waals surface area contributed by atoms with Gasteiger partial charge in [0.15, 0.2) is 0 Å². The molecular formula is C16H21BrN2. The molecule has 1 aromatic carbocycles. The van der Waals surface area contributed by atoms with Gasteiger partial charge in [0.05, 0.1) is 0 Å². The molecule has 0 saturated heterocycles. The van der Waals surface area contributed by atoms with E-state index in [0.717, 1.165) is 10.4 Å². The van der Waals surface area contributed by atoms with Crippen molar-refractivity contribution in [2.24, 2.45) is 13.0 Å². The molecule has 1 aliphatic rings. The second-order valence-electron chi connectivity index (χ2n) is 5.72. The maximum atomic E-state index is 3.56. The van der Waals surface area contributed by atoms with Gasteiger partial charge in [-0.3, -0.25) is 0 Å². The van der Waals surface area contributed by atoms with Crippen LogP contribution in [0.15, 0.2) is 28.9 Å². The van der Waals surface area contributed by atoms with Crippen molar-refractivity contribution in [3.8, 4) is 0 Å². The Morgan fingerprint density at radius 1 is 1.37 bits per heavy atom. The van der Waals surface area contributed by atoms with Gasteiger partial charge >= 0.3 is 0 Å². The fourth-order valence-corrected chi connectivity index (χ4v) is 3.90. The third-order valence-electron chi connectivity index (χ3n) is 4.55. The van der Waals surface area contributed by atoms with Crippen molar-refractivity contribution in [2.75, 3.05) is 7.05 Å². The zero-order valence-corrected chi connectivity index (χ0v) is 13.2. The molecule has 1 fully saturated rings. The Labute approximate surface area is 123 Å². The van der Waals surface area contributed by atoms with Gasteiger partial charge in [-0.25, -0.2) is 0 Å². The molecule has 3 heteroatoms. The molecule has 102 valence electrons. The lowest BCUT2D eigenvalue weighted by atomic mass is 9.94. The molecule has 19 heavy (non-hydrogen) atoms. The molecule has 0 spiro atoms. The number of aryl methyl sites for hydroxylation is 1. The van der Waals surface area contributed by atoms with E-state index in [4.69, 9.17) is 0 Å². The number of aromatic nitrogens is 1. The largest absolute Gasteiger partial charge is 0.350 e. The Kier molecular flexibility index (Phi) is 3.68. The minimum absolute atomic E-state index is 0.700. The average Bonchev–Trinajstić information content (AvgIpc) is 2.96. The first-order valence-corrected chi connectivity index (χ1v) is 7.89. The number of halogens is 1. The lowest BCUT2D eigenvalue weighted by molar-refractivity contribution is 0.424. The topological polar surface area (TPSA) is 17.0 Å². The van der Waals surface area contributed by atoms with Crippen LogP contribution >= 0.6 is 15.9 Å². The third kappa shape index (κ3) is 2.46. The van der Waals surface area contributed by atoms with Crippen molar-refractivity contribution in [2.45, 2.75) is 31.7 Å². The maximum Gasteiger partial charge on any atom is 0.0491 e. The number of hydrogen-bond donors (Lipinski definition) is 1. The van der Waals surface area contributed by atoms with E-state index in [0.29, 0.717) is 6.04 Å². The third-order valence-corrected chi connectivity index (χ3v) is 5.04. The molecule has 1 aliphatic carbocycles. The predicted octanol–water partition coefficient (Wildman–Crippen LogP) is 3.87. The van der Waals surface area contributed by atoms with E-state index in [2.05, 4.69) is 64.3 Å². The van der Waals surface area contributed by atoms with Crippen molar-refractivity contribution >= 4 is 26.8 Å². The quantitative estimate of drug-likeness (QED) is 0.908. The second-order valence-corrected chi connectivity index (χ2v) is 6.63. The van der Waals surface area contributed by atoms with Gasteiger partial charge in [0.2, 0.25) is 0 Å². The van der Waals surface area contributed by atoms with Crippen molar-refractivity contribution in [3.05, 3.63) is 34.4 Å². The summed E-state index contributed by atoms with van der Waals surface area (Å²) in [4.78, 5) is 0. The minimum Gasteiger partial charge on any atom is -0.350 e. The Balaban J connectivity index is 1.93. The summed E-state index contributed by atoms with van der Waals surface area (Å²) in [5, 5.41) is 4.89. The van der Waals surface area contributed by atoms with Gasteiger partial charge in [0.1, 0.15) is 0 Å². The summed E-state index contributed by atoms with van der Waals surface area (Å²) >= 11 is 3.56. The summed E-state index contributed by atoms with van der Waals surface area (Å²) < 4.78 is 3.40. The zero-order valence-electron chi connectivity index (χ0n) is 11.6. The highest BCUT2D eigenvalue weighted by atomic mass is 79.9. The molecule has 3 rings (SSSR count). The van der Waals surface area contributed by atoms with Crippen molar-refractivity contribution in [1.29, 1.82) is 0 Å². The van der Waals surface area contributed by atoms with Gasteiger partial charge in [-0.15, -0.1) is 0 Å². The van der Waals surface area contributed by atoms with Gasteiger partial charge in [0, 0.05) is 34.7 Å². The maximum absolute atomic E-state index is 3.56. The normalized spacial score (nSPS) is 23.3. The van der Waals surface area contributed by atoms with Crippen LogP contribution in [-0.4, -0.2) is 17.7 Å². The molecule has 1 saturated carbocycles. The first-order valence-electron chi connectivity index (χ1n) is 7.10. The van der Waals surface area contributed by atoms with E-state index in [1.807, 2.05) is 0 Å². The summed E-state index contributed by atoms with van der Waals surface area (Å²) in [6, 6.07) is 7.31. The monoisotopic (exact) mass is 320 g/mol. The highest BCUT2D eigenvalue weighted by Gasteiger charge is 2.26. The number of nitrogens with zero attached hydrogens (tertiary/aromatic N) is 1. The number of rotatable bonds is 3. The minimum atomic E-state index is 0.700. The molecular weight excluding hydrogens is 300 g/mol. The van der Waals surface area contributed by atoms with Crippen molar-refractivity contribution in [1.82, 2.24) is 9.88 Å². The van der Waals surface area contributed by atoms with Crippen LogP contribution in [0.25, 0.3) is 10.9 Å². The van der Waals surface area contributed by atoms with Crippen molar-refractivity contribution in [3.63, 3.8) is 0 Å². The number of fused-ring (bicyclic) bond motifs is 1. The van der Waals surface area contributed by atoms with Gasteiger partial charge in [0.25, 0.3) is 0 Å². The summed E-state index contributed by atoms with van der Waals surface area (Å²) in [5.74, 6) is 0.791. The molecule has 1 aromatic heterocycles. The van der Waals surface area contributed by atoms with E-state index in [-0.39, 0.29) is 0 Å². The van der Waals surface area contributed by atoms with E-state index in [1.165, 1.54) is 42.1 Å². The highest BCUT2D eigenvalue weighted by Crippen LogP contribution is 2.32. The first kappa shape index (κ1) is 13.2. The first-order chi connectivity index (χ1) is 9.19. The van der Waals surface area contributed by atoms with E-state index in [1.54, 1.807) is 0 Å². The Morgan fingerprint density at radius 3 is 3.00 bits per heavy atom. The van der Waals surface area contributed by atoms with Gasteiger partial charge in [-0.05, 0) is 49.9 Å². The molecule has 0 radical (unpaired) electrons. The molecule has 2 aromatic rings. The molecule has 2 unspecified atom stereocenters. The van der Waals surface area contributed by atoms with E-state index >= 15 is 0 Å². The summed E-state index contributed by atoms with van der Waals surface area (Å²) in [7, 11) is 4.24. The summed E-state index contributed by atoms with van der Waals surface area (Å²) in [6.45, 7) is 0. The summed E-state index contributed by atoms with van der Waals surface area (Å²) in [6.07, 6.45) is 7.56. The predicted molar refractivity (Wildman–Crippen MR) is 84.5 cm³/mol. The number of hydrogen-bond acceptors (Lipinski definition) is 1. The Bertz CT molecular complexity index is 588. The lowest BCUT2D eigenvalue weighted by Crippen LogP contribution is -2.29. The van der Waals surface area contributed by atoms with Crippen LogP contribution in [0.1, 0.15) is 24.8 Å². The van der Waals surface area contributed by atoms with Crippen LogP contribution in [0.2, 0.25) is 0 Å². The van der Waals surface area contributed by atoms with E-state index < -0.39 is 0 Å². The highest BCUT2D eigenvalue weighted by molar-refractivity contribution is 9.10. The van der Waals surface area contributed by atoms with Crippen LogP contribution in [-0.2, 0) is 13.5 Å². The number of nitrogens with one attached hydrogen (secondary N) is 1. The summed E-state index contributed by atoms with van der Waals surface area (Å²) in [5.41, 5.74) is 2.82. The molecule has 0 bridgehead atoms. The molecule has 1 N–H and O–H groups in total. The van der Waals surface area contributed by atoms with Gasteiger partial charge in [-0.2, -0.15) is 0 Å². The standard InChI is InChI=1S/C16H21BrN2/c1-18-15-5-3-4-11(15)8-12-10-19(2)16-9-13(17)6-7-14(12)16/h6-7,9-11,15,18H,3-5,8H2,1-2H3.